The van der Waals surface area contributed by atoms with E-state index in [1.807, 2.05) is 31.2 Å². The molecular weight excluding hydrogens is 529 g/mol. The van der Waals surface area contributed by atoms with Gasteiger partial charge < -0.3 is 24.4 Å². The van der Waals surface area contributed by atoms with Crippen LogP contribution in [0.1, 0.15) is 12.5 Å². The van der Waals surface area contributed by atoms with Gasteiger partial charge in [-0.3, -0.25) is 9.79 Å². The van der Waals surface area contributed by atoms with Gasteiger partial charge in [-0.2, -0.15) is 0 Å². The lowest BCUT2D eigenvalue weighted by Gasteiger charge is -2.28. The molecule has 1 N–H and O–H groups in total. The van der Waals surface area contributed by atoms with E-state index in [1.165, 1.54) is 24.3 Å². The zero-order valence-corrected chi connectivity index (χ0v) is 21.5. The second kappa shape index (κ2) is 12.5. The van der Waals surface area contributed by atoms with Crippen LogP contribution in [0.5, 0.6) is 11.5 Å². The molecule has 3 aromatic rings. The van der Waals surface area contributed by atoms with Crippen LogP contribution in [0.3, 0.4) is 0 Å². The maximum atomic E-state index is 13.1. The summed E-state index contributed by atoms with van der Waals surface area (Å²) < 4.78 is 30.6. The number of ether oxygens (including phenoxy) is 3. The number of carbonyl (C=O) groups is 1. The minimum Gasteiger partial charge on any atom is -0.490 e. The summed E-state index contributed by atoms with van der Waals surface area (Å²) in [5, 5.41) is 2.67. The minimum absolute atomic E-state index is 0.237. The fourth-order valence-corrected chi connectivity index (χ4v) is 4.23. The Morgan fingerprint density at radius 2 is 1.83 bits per heavy atom. The summed E-state index contributed by atoms with van der Waals surface area (Å²) in [7, 11) is 0. The Bertz CT molecular complexity index is 1200. The predicted octanol–water partition coefficient (Wildman–Crippen LogP) is 5.59. The molecule has 1 aliphatic rings. The van der Waals surface area contributed by atoms with Crippen LogP contribution < -0.4 is 19.7 Å². The number of aliphatic imine (C=N–C) groups is 1. The molecule has 9 heteroatoms. The van der Waals surface area contributed by atoms with E-state index in [0.717, 1.165) is 43.2 Å². The third-order valence-corrected chi connectivity index (χ3v) is 5.98. The third-order valence-electron chi connectivity index (χ3n) is 5.40. The van der Waals surface area contributed by atoms with Gasteiger partial charge in [-0.15, -0.1) is 0 Å². The summed E-state index contributed by atoms with van der Waals surface area (Å²) >= 11 is 3.52. The Labute approximate surface area is 218 Å². The average molecular weight is 556 g/mol. The SMILES string of the molecule is CCOc1cc(C=Nc2ccc(N3CCOCC3)cc2)cc(Br)c1OCC(=O)Nc1ccc(F)cc1. The lowest BCUT2D eigenvalue weighted by molar-refractivity contribution is -0.118. The molecule has 1 aliphatic heterocycles. The van der Waals surface area contributed by atoms with Crippen molar-refractivity contribution in [2.75, 3.05) is 49.7 Å². The first-order valence-corrected chi connectivity index (χ1v) is 12.4. The van der Waals surface area contributed by atoms with Crippen LogP contribution in [-0.4, -0.2) is 51.6 Å². The van der Waals surface area contributed by atoms with Crippen molar-refractivity contribution in [2.45, 2.75) is 6.92 Å². The number of morpholine rings is 1. The topological polar surface area (TPSA) is 72.4 Å². The summed E-state index contributed by atoms with van der Waals surface area (Å²) in [6.07, 6.45) is 1.75. The van der Waals surface area contributed by atoms with Gasteiger partial charge in [-0.1, -0.05) is 0 Å². The molecule has 4 rings (SSSR count). The molecular formula is C27H27BrFN3O4. The van der Waals surface area contributed by atoms with E-state index in [9.17, 15) is 9.18 Å². The van der Waals surface area contributed by atoms with E-state index in [2.05, 4.69) is 43.3 Å². The molecule has 0 spiro atoms. The van der Waals surface area contributed by atoms with Crippen molar-refractivity contribution in [3.8, 4) is 11.5 Å². The fraction of sp³-hybridized carbons (Fsp3) is 0.259. The number of nitrogens with zero attached hydrogens (tertiary/aromatic N) is 2. The van der Waals surface area contributed by atoms with Gasteiger partial charge in [0.15, 0.2) is 18.1 Å². The lowest BCUT2D eigenvalue weighted by Crippen LogP contribution is -2.36. The maximum absolute atomic E-state index is 13.1. The van der Waals surface area contributed by atoms with Crippen LogP contribution in [0.25, 0.3) is 0 Å². The van der Waals surface area contributed by atoms with Gasteiger partial charge in [0.1, 0.15) is 5.82 Å². The number of hydrogen-bond acceptors (Lipinski definition) is 6. The molecule has 0 unspecified atom stereocenters. The Balaban J connectivity index is 1.41. The standard InChI is InChI=1S/C27H27BrFN3O4/c1-2-35-25-16-19(17-30-21-7-9-23(10-8-21)32-11-13-34-14-12-32)15-24(28)27(25)36-18-26(33)31-22-5-3-20(29)4-6-22/h3-10,15-17H,2,11-14,18H2,1H3,(H,31,33). The average Bonchev–Trinajstić information content (AvgIpc) is 2.89. The highest BCUT2D eigenvalue weighted by molar-refractivity contribution is 9.10. The normalized spacial score (nSPS) is 13.6. The molecule has 0 aliphatic carbocycles. The van der Waals surface area contributed by atoms with E-state index in [4.69, 9.17) is 14.2 Å². The second-order valence-electron chi connectivity index (χ2n) is 7.98. The largest absolute Gasteiger partial charge is 0.490 e. The van der Waals surface area contributed by atoms with E-state index >= 15 is 0 Å². The second-order valence-corrected chi connectivity index (χ2v) is 8.84. The van der Waals surface area contributed by atoms with E-state index in [0.29, 0.717) is 28.3 Å². The van der Waals surface area contributed by atoms with Crippen LogP contribution >= 0.6 is 15.9 Å². The van der Waals surface area contributed by atoms with Crippen LogP contribution in [0, 0.1) is 5.82 Å². The first kappa shape index (κ1) is 25.7. The van der Waals surface area contributed by atoms with Crippen molar-refractivity contribution in [2.24, 2.45) is 4.99 Å². The summed E-state index contributed by atoms with van der Waals surface area (Å²) in [5.41, 5.74) is 3.28. The van der Waals surface area contributed by atoms with Crippen molar-refractivity contribution in [1.82, 2.24) is 0 Å². The number of hydrogen-bond donors (Lipinski definition) is 1. The molecule has 188 valence electrons. The lowest BCUT2D eigenvalue weighted by atomic mass is 10.2. The molecule has 0 radical (unpaired) electrons. The van der Waals surface area contributed by atoms with E-state index in [1.54, 1.807) is 6.21 Å². The van der Waals surface area contributed by atoms with Gasteiger partial charge in [0, 0.05) is 30.7 Å². The summed E-state index contributed by atoms with van der Waals surface area (Å²) in [6, 6.07) is 17.3. The summed E-state index contributed by atoms with van der Waals surface area (Å²) in [5.74, 6) is 0.161. The van der Waals surface area contributed by atoms with Gasteiger partial charge in [0.2, 0.25) is 0 Å². The quantitative estimate of drug-likeness (QED) is 0.348. The van der Waals surface area contributed by atoms with Crippen LogP contribution in [-0.2, 0) is 9.53 Å². The van der Waals surface area contributed by atoms with Crippen LogP contribution in [0.4, 0.5) is 21.5 Å². The van der Waals surface area contributed by atoms with Gasteiger partial charge in [-0.25, -0.2) is 4.39 Å². The Morgan fingerprint density at radius 3 is 2.53 bits per heavy atom. The molecule has 0 bridgehead atoms. The third kappa shape index (κ3) is 7.05. The molecule has 1 saturated heterocycles. The van der Waals surface area contributed by atoms with Gasteiger partial charge >= 0.3 is 0 Å². The first-order chi connectivity index (χ1) is 17.5. The molecule has 0 aromatic heterocycles. The van der Waals surface area contributed by atoms with Crippen molar-refractivity contribution < 1.29 is 23.4 Å². The predicted molar refractivity (Wildman–Crippen MR) is 143 cm³/mol. The highest BCUT2D eigenvalue weighted by Crippen LogP contribution is 2.37. The van der Waals surface area contributed by atoms with Gasteiger partial charge in [0.05, 0.1) is 30.0 Å². The molecule has 3 aromatic carbocycles. The van der Waals surface area contributed by atoms with Crippen molar-refractivity contribution in [3.05, 3.63) is 76.5 Å². The minimum atomic E-state index is -0.373. The molecule has 0 atom stereocenters. The zero-order chi connectivity index (χ0) is 25.3. The van der Waals surface area contributed by atoms with Crippen molar-refractivity contribution in [3.63, 3.8) is 0 Å². The van der Waals surface area contributed by atoms with Crippen molar-refractivity contribution in [1.29, 1.82) is 0 Å². The molecule has 1 heterocycles. The number of rotatable bonds is 9. The number of halogens is 2. The molecule has 1 amide bonds. The Kier molecular flexibility index (Phi) is 8.91. The fourth-order valence-electron chi connectivity index (χ4n) is 3.65. The highest BCUT2D eigenvalue weighted by Gasteiger charge is 2.14. The number of nitrogens with one attached hydrogen (secondary N) is 1. The molecule has 7 nitrogen and oxygen atoms in total. The first-order valence-electron chi connectivity index (χ1n) is 11.6. The summed E-state index contributed by atoms with van der Waals surface area (Å²) in [6.45, 7) is 5.33. The smallest absolute Gasteiger partial charge is 0.262 e. The number of anilines is 2. The Morgan fingerprint density at radius 1 is 1.11 bits per heavy atom. The number of amides is 1. The number of benzene rings is 3. The number of carbonyl (C=O) groups excluding carboxylic acids is 1. The Hall–Kier alpha value is -3.43. The van der Waals surface area contributed by atoms with Gasteiger partial charge in [-0.05, 0) is 89.1 Å². The molecule has 0 saturated carbocycles. The molecule has 1 fully saturated rings. The maximum Gasteiger partial charge on any atom is 0.262 e. The summed E-state index contributed by atoms with van der Waals surface area (Å²) in [4.78, 5) is 19.2. The van der Waals surface area contributed by atoms with Crippen LogP contribution in [0.2, 0.25) is 0 Å². The monoisotopic (exact) mass is 555 g/mol. The van der Waals surface area contributed by atoms with Gasteiger partial charge in [0.25, 0.3) is 5.91 Å². The highest BCUT2D eigenvalue weighted by atomic mass is 79.9. The molecule has 36 heavy (non-hydrogen) atoms. The van der Waals surface area contributed by atoms with Crippen LogP contribution in [0.15, 0.2) is 70.1 Å². The van der Waals surface area contributed by atoms with E-state index in [-0.39, 0.29) is 18.3 Å². The van der Waals surface area contributed by atoms with E-state index < -0.39 is 0 Å². The van der Waals surface area contributed by atoms with Crippen molar-refractivity contribution >= 4 is 45.1 Å². The zero-order valence-electron chi connectivity index (χ0n) is 19.9.